The molecule has 84 valence electrons. The Morgan fingerprint density at radius 3 is 2.60 bits per heavy atom. The lowest BCUT2D eigenvalue weighted by molar-refractivity contribution is 0.320. The fourth-order valence-corrected chi connectivity index (χ4v) is 1.87. The highest BCUT2D eigenvalue weighted by atomic mass is 32.1. The van der Waals surface area contributed by atoms with Gasteiger partial charge in [-0.25, -0.2) is 0 Å². The van der Waals surface area contributed by atoms with E-state index in [4.69, 9.17) is 0 Å². The smallest absolute Gasteiger partial charge is 0.0233 e. The van der Waals surface area contributed by atoms with E-state index in [-0.39, 0.29) is 0 Å². The van der Waals surface area contributed by atoms with E-state index < -0.39 is 0 Å². The van der Waals surface area contributed by atoms with Crippen LogP contribution in [0.3, 0.4) is 0 Å². The van der Waals surface area contributed by atoms with E-state index in [0.717, 1.165) is 18.8 Å². The second-order valence-corrected chi connectivity index (χ2v) is 4.54. The highest BCUT2D eigenvalue weighted by molar-refractivity contribution is 7.80. The summed E-state index contributed by atoms with van der Waals surface area (Å²) in [5.41, 5.74) is 2.82. The first-order valence-corrected chi connectivity index (χ1v) is 6.21. The molecule has 0 radical (unpaired) electrons. The minimum absolute atomic E-state index is 0.998. The van der Waals surface area contributed by atoms with Gasteiger partial charge in [-0.05, 0) is 50.2 Å². The number of hydrogen-bond acceptors (Lipinski definition) is 2. The Bertz CT molecular complexity index is 286. The van der Waals surface area contributed by atoms with Gasteiger partial charge in [-0.2, -0.15) is 12.6 Å². The van der Waals surface area contributed by atoms with Gasteiger partial charge in [-0.1, -0.05) is 24.3 Å². The van der Waals surface area contributed by atoms with Crippen LogP contribution in [0.4, 0.5) is 0 Å². The molecule has 0 spiro atoms. The molecule has 0 saturated heterocycles. The SMILES string of the molecule is Cc1ccccc1CN(C)CCCCS. The van der Waals surface area contributed by atoms with Crippen LogP contribution >= 0.6 is 12.6 Å². The minimum Gasteiger partial charge on any atom is -0.302 e. The van der Waals surface area contributed by atoms with Gasteiger partial charge in [-0.15, -0.1) is 0 Å². The highest BCUT2D eigenvalue weighted by Gasteiger charge is 2.01. The van der Waals surface area contributed by atoms with Crippen molar-refractivity contribution < 1.29 is 0 Å². The normalized spacial score (nSPS) is 10.9. The van der Waals surface area contributed by atoms with Gasteiger partial charge in [0.1, 0.15) is 0 Å². The van der Waals surface area contributed by atoms with Gasteiger partial charge in [0.2, 0.25) is 0 Å². The summed E-state index contributed by atoms with van der Waals surface area (Å²) in [6, 6.07) is 8.60. The molecule has 0 amide bonds. The molecule has 0 unspecified atom stereocenters. The lowest BCUT2D eigenvalue weighted by Crippen LogP contribution is -2.19. The average Bonchev–Trinajstić information content (AvgIpc) is 2.22. The van der Waals surface area contributed by atoms with Gasteiger partial charge in [0, 0.05) is 6.54 Å². The van der Waals surface area contributed by atoms with E-state index in [1.807, 2.05) is 0 Å². The van der Waals surface area contributed by atoms with Crippen molar-refractivity contribution in [2.75, 3.05) is 19.3 Å². The summed E-state index contributed by atoms with van der Waals surface area (Å²) < 4.78 is 0. The maximum atomic E-state index is 4.22. The molecule has 0 fully saturated rings. The topological polar surface area (TPSA) is 3.24 Å². The second-order valence-electron chi connectivity index (χ2n) is 4.09. The van der Waals surface area contributed by atoms with E-state index >= 15 is 0 Å². The molecule has 0 heterocycles. The fraction of sp³-hybridized carbons (Fsp3) is 0.538. The molecular weight excluding hydrogens is 202 g/mol. The number of unbranched alkanes of at least 4 members (excludes halogenated alkanes) is 1. The van der Waals surface area contributed by atoms with Crippen LogP contribution in [0.2, 0.25) is 0 Å². The van der Waals surface area contributed by atoms with Crippen molar-refractivity contribution in [3.05, 3.63) is 35.4 Å². The van der Waals surface area contributed by atoms with Gasteiger partial charge >= 0.3 is 0 Å². The van der Waals surface area contributed by atoms with Crippen LogP contribution in [0.5, 0.6) is 0 Å². The molecule has 0 aromatic heterocycles. The zero-order chi connectivity index (χ0) is 11.1. The molecule has 1 aromatic rings. The van der Waals surface area contributed by atoms with Crippen molar-refractivity contribution in [3.63, 3.8) is 0 Å². The fourth-order valence-electron chi connectivity index (χ4n) is 1.65. The molecule has 15 heavy (non-hydrogen) atoms. The van der Waals surface area contributed by atoms with Crippen LogP contribution in [0, 0.1) is 6.92 Å². The van der Waals surface area contributed by atoms with E-state index in [1.54, 1.807) is 0 Å². The molecular formula is C13H21NS. The van der Waals surface area contributed by atoms with E-state index in [1.165, 1.54) is 24.0 Å². The highest BCUT2D eigenvalue weighted by Crippen LogP contribution is 2.09. The van der Waals surface area contributed by atoms with Gasteiger partial charge < -0.3 is 4.90 Å². The summed E-state index contributed by atoms with van der Waals surface area (Å²) >= 11 is 4.22. The summed E-state index contributed by atoms with van der Waals surface area (Å²) in [7, 11) is 2.19. The lowest BCUT2D eigenvalue weighted by atomic mass is 10.1. The van der Waals surface area contributed by atoms with Crippen molar-refractivity contribution in [2.45, 2.75) is 26.3 Å². The monoisotopic (exact) mass is 223 g/mol. The van der Waals surface area contributed by atoms with E-state index in [2.05, 4.69) is 55.8 Å². The Balaban J connectivity index is 2.37. The van der Waals surface area contributed by atoms with Gasteiger partial charge in [0.15, 0.2) is 0 Å². The summed E-state index contributed by atoms with van der Waals surface area (Å²) in [5, 5.41) is 0. The number of nitrogens with zero attached hydrogens (tertiary/aromatic N) is 1. The quantitative estimate of drug-likeness (QED) is 0.573. The number of benzene rings is 1. The predicted octanol–water partition coefficient (Wildman–Crippen LogP) is 3.14. The molecule has 1 aromatic carbocycles. The molecule has 0 aliphatic rings. The molecule has 1 nitrogen and oxygen atoms in total. The first kappa shape index (κ1) is 12.6. The van der Waals surface area contributed by atoms with Crippen LogP contribution in [-0.4, -0.2) is 24.2 Å². The van der Waals surface area contributed by atoms with E-state index in [0.29, 0.717) is 0 Å². The Morgan fingerprint density at radius 2 is 1.93 bits per heavy atom. The van der Waals surface area contributed by atoms with Crippen LogP contribution in [-0.2, 0) is 6.54 Å². The minimum atomic E-state index is 0.998. The van der Waals surface area contributed by atoms with Crippen molar-refractivity contribution in [1.82, 2.24) is 4.90 Å². The van der Waals surface area contributed by atoms with Crippen molar-refractivity contribution in [3.8, 4) is 0 Å². The van der Waals surface area contributed by atoms with Gasteiger partial charge in [-0.3, -0.25) is 0 Å². The number of hydrogen-bond donors (Lipinski definition) is 1. The summed E-state index contributed by atoms with van der Waals surface area (Å²) in [6.45, 7) is 4.39. The molecule has 0 atom stereocenters. The van der Waals surface area contributed by atoms with Crippen molar-refractivity contribution >= 4 is 12.6 Å². The third-order valence-corrected chi connectivity index (χ3v) is 2.97. The van der Waals surface area contributed by atoms with Gasteiger partial charge in [0.05, 0.1) is 0 Å². The molecule has 2 heteroatoms. The summed E-state index contributed by atoms with van der Waals surface area (Å²) in [4.78, 5) is 2.38. The first-order valence-electron chi connectivity index (χ1n) is 5.58. The summed E-state index contributed by atoms with van der Waals surface area (Å²) in [5.74, 6) is 0.998. The number of aryl methyl sites for hydroxylation is 1. The van der Waals surface area contributed by atoms with Crippen LogP contribution in [0.25, 0.3) is 0 Å². The second kappa shape index (κ2) is 6.91. The van der Waals surface area contributed by atoms with Crippen LogP contribution in [0.1, 0.15) is 24.0 Å². The Morgan fingerprint density at radius 1 is 1.20 bits per heavy atom. The van der Waals surface area contributed by atoms with E-state index in [9.17, 15) is 0 Å². The zero-order valence-corrected chi connectivity index (χ0v) is 10.6. The lowest BCUT2D eigenvalue weighted by Gasteiger charge is -2.17. The standard InChI is InChI=1S/C13H21NS/c1-12-7-3-4-8-13(12)11-14(2)9-5-6-10-15/h3-4,7-8,15H,5-6,9-11H2,1-2H3. The van der Waals surface area contributed by atoms with Crippen LogP contribution in [0.15, 0.2) is 24.3 Å². The number of thiol groups is 1. The van der Waals surface area contributed by atoms with Gasteiger partial charge in [0.25, 0.3) is 0 Å². The molecule has 0 aliphatic carbocycles. The largest absolute Gasteiger partial charge is 0.302 e. The molecule has 0 N–H and O–H groups in total. The molecule has 0 bridgehead atoms. The predicted molar refractivity (Wildman–Crippen MR) is 70.6 cm³/mol. The zero-order valence-electron chi connectivity index (χ0n) is 9.74. The Labute approximate surface area is 98.9 Å². The van der Waals surface area contributed by atoms with Crippen LogP contribution < -0.4 is 0 Å². The van der Waals surface area contributed by atoms with Crippen molar-refractivity contribution in [1.29, 1.82) is 0 Å². The molecule has 1 rings (SSSR count). The Hall–Kier alpha value is -0.470. The number of rotatable bonds is 6. The van der Waals surface area contributed by atoms with Crippen molar-refractivity contribution in [2.24, 2.45) is 0 Å². The summed E-state index contributed by atoms with van der Waals surface area (Å²) in [6.07, 6.45) is 2.45. The third-order valence-electron chi connectivity index (χ3n) is 2.65. The third kappa shape index (κ3) is 4.72. The Kier molecular flexibility index (Phi) is 5.81. The molecule has 0 saturated carbocycles. The average molecular weight is 223 g/mol. The molecule has 0 aliphatic heterocycles. The maximum absolute atomic E-state index is 4.22. The first-order chi connectivity index (χ1) is 7.24. The maximum Gasteiger partial charge on any atom is 0.0233 e.